The standard InChI is InChI=1S/C58H34N2O3/c1-2-14-35(15-3-1)58-59-50(37-17-10-16-36(30-37)41-21-11-24-47-44-18-4-7-27-52(44)61-55(41)47)34-51(60-58)40-32-38(42-22-12-25-48-45-19-5-8-28-53(45)62-56(42)48)31-39(33-40)43-23-13-26-49-46-20-6-9-29-54(46)63-57(43)49/h1-34H. The van der Waals surface area contributed by atoms with Gasteiger partial charge in [0, 0.05) is 65.7 Å². The molecule has 0 aliphatic rings. The lowest BCUT2D eigenvalue weighted by molar-refractivity contribution is 0.669. The van der Waals surface area contributed by atoms with E-state index in [2.05, 4.69) is 152 Å². The average molecular weight is 807 g/mol. The van der Waals surface area contributed by atoms with Crippen molar-refractivity contribution in [3.05, 3.63) is 206 Å². The SMILES string of the molecule is c1ccc(-c2nc(-c3cccc(-c4cccc5c4oc4ccccc45)c3)cc(-c3cc(-c4cccc5c4oc4ccccc45)cc(-c4cccc5c4oc4ccccc45)c3)n2)cc1. The highest BCUT2D eigenvalue weighted by molar-refractivity contribution is 6.12. The molecule has 294 valence electrons. The van der Waals surface area contributed by atoms with Crippen LogP contribution in [0.4, 0.5) is 0 Å². The zero-order valence-corrected chi connectivity index (χ0v) is 33.7. The lowest BCUT2D eigenvalue weighted by Crippen LogP contribution is -1.97. The van der Waals surface area contributed by atoms with Crippen molar-refractivity contribution in [1.82, 2.24) is 9.97 Å². The number of hydrogen-bond donors (Lipinski definition) is 0. The number of furan rings is 3. The molecule has 63 heavy (non-hydrogen) atoms. The van der Waals surface area contributed by atoms with Crippen LogP contribution in [-0.2, 0) is 0 Å². The second-order valence-electron chi connectivity index (χ2n) is 16.0. The van der Waals surface area contributed by atoms with Gasteiger partial charge in [-0.25, -0.2) is 9.97 Å². The molecular weight excluding hydrogens is 773 g/mol. The molecular formula is C58H34N2O3. The summed E-state index contributed by atoms with van der Waals surface area (Å²) in [6.45, 7) is 0. The van der Waals surface area contributed by atoms with Gasteiger partial charge >= 0.3 is 0 Å². The van der Waals surface area contributed by atoms with Crippen LogP contribution in [0, 0.1) is 0 Å². The highest BCUT2D eigenvalue weighted by atomic mass is 16.3. The number of nitrogens with zero attached hydrogens (tertiary/aromatic N) is 2. The minimum absolute atomic E-state index is 0.638. The van der Waals surface area contributed by atoms with Gasteiger partial charge in [0.05, 0.1) is 11.4 Å². The quantitative estimate of drug-likeness (QED) is 0.167. The fourth-order valence-corrected chi connectivity index (χ4v) is 9.32. The summed E-state index contributed by atoms with van der Waals surface area (Å²) in [5.41, 5.74) is 15.6. The van der Waals surface area contributed by atoms with Gasteiger partial charge in [0.25, 0.3) is 0 Å². The highest BCUT2D eigenvalue weighted by Crippen LogP contribution is 2.43. The smallest absolute Gasteiger partial charge is 0.160 e. The Bertz CT molecular complexity index is 3800. The fourth-order valence-electron chi connectivity index (χ4n) is 9.32. The molecule has 0 fully saturated rings. The molecule has 0 saturated carbocycles. The van der Waals surface area contributed by atoms with Crippen molar-refractivity contribution in [2.45, 2.75) is 0 Å². The first-order chi connectivity index (χ1) is 31.2. The molecule has 0 spiro atoms. The van der Waals surface area contributed by atoms with Crippen LogP contribution in [-0.4, -0.2) is 9.97 Å². The van der Waals surface area contributed by atoms with Crippen molar-refractivity contribution in [2.75, 3.05) is 0 Å². The van der Waals surface area contributed by atoms with E-state index >= 15 is 0 Å². The van der Waals surface area contributed by atoms with Crippen LogP contribution in [0.5, 0.6) is 0 Å². The van der Waals surface area contributed by atoms with Crippen LogP contribution < -0.4 is 0 Å². The van der Waals surface area contributed by atoms with E-state index in [-0.39, 0.29) is 0 Å². The van der Waals surface area contributed by atoms with Gasteiger partial charge in [0.2, 0.25) is 0 Å². The number of para-hydroxylation sites is 6. The van der Waals surface area contributed by atoms with Gasteiger partial charge in [-0.05, 0) is 65.2 Å². The molecule has 5 heteroatoms. The molecule has 5 nitrogen and oxygen atoms in total. The molecule has 4 aromatic heterocycles. The molecule has 0 saturated heterocycles. The van der Waals surface area contributed by atoms with Gasteiger partial charge in [0.15, 0.2) is 5.82 Å². The normalized spacial score (nSPS) is 11.8. The molecule has 0 atom stereocenters. The minimum atomic E-state index is 0.638. The first kappa shape index (κ1) is 35.2. The Morgan fingerprint density at radius 2 is 0.619 bits per heavy atom. The molecule has 0 unspecified atom stereocenters. The van der Waals surface area contributed by atoms with Crippen molar-refractivity contribution in [2.24, 2.45) is 0 Å². The maximum Gasteiger partial charge on any atom is 0.160 e. The summed E-state index contributed by atoms with van der Waals surface area (Å²) in [5.74, 6) is 0.638. The Morgan fingerprint density at radius 1 is 0.254 bits per heavy atom. The predicted octanol–water partition coefficient (Wildman–Crippen LogP) is 16.2. The number of fused-ring (bicyclic) bond motifs is 9. The molecule has 0 amide bonds. The largest absolute Gasteiger partial charge is 0.455 e. The zero-order chi connectivity index (χ0) is 41.4. The second kappa shape index (κ2) is 14.0. The Morgan fingerprint density at radius 3 is 1.14 bits per heavy atom. The van der Waals surface area contributed by atoms with E-state index in [1.807, 2.05) is 54.6 Å². The van der Waals surface area contributed by atoms with Crippen LogP contribution >= 0.6 is 0 Å². The average Bonchev–Trinajstić information content (AvgIpc) is 4.06. The Labute approximate surface area is 361 Å². The van der Waals surface area contributed by atoms with Crippen molar-refractivity contribution in [1.29, 1.82) is 0 Å². The van der Waals surface area contributed by atoms with E-state index in [1.165, 1.54) is 0 Å². The molecule has 0 radical (unpaired) electrons. The summed E-state index contributed by atoms with van der Waals surface area (Å²) in [4.78, 5) is 10.6. The van der Waals surface area contributed by atoms with Crippen molar-refractivity contribution >= 4 is 65.8 Å². The third-order valence-corrected chi connectivity index (χ3v) is 12.3. The van der Waals surface area contributed by atoms with Gasteiger partial charge in [-0.15, -0.1) is 0 Å². The molecule has 0 N–H and O–H groups in total. The Kier molecular flexibility index (Phi) is 7.84. The molecule has 0 aliphatic carbocycles. The summed E-state index contributed by atoms with van der Waals surface area (Å²) in [7, 11) is 0. The minimum Gasteiger partial charge on any atom is -0.455 e. The number of rotatable bonds is 6. The maximum absolute atomic E-state index is 6.63. The van der Waals surface area contributed by atoms with Crippen molar-refractivity contribution in [3.8, 4) is 67.3 Å². The number of aromatic nitrogens is 2. The second-order valence-corrected chi connectivity index (χ2v) is 16.0. The summed E-state index contributed by atoms with van der Waals surface area (Å²) in [6, 6.07) is 71.4. The summed E-state index contributed by atoms with van der Waals surface area (Å²) < 4.78 is 19.7. The van der Waals surface area contributed by atoms with Crippen LogP contribution in [0.3, 0.4) is 0 Å². The topological polar surface area (TPSA) is 65.2 Å². The van der Waals surface area contributed by atoms with Gasteiger partial charge in [-0.3, -0.25) is 0 Å². The van der Waals surface area contributed by atoms with Gasteiger partial charge in [-0.2, -0.15) is 0 Å². The first-order valence-corrected chi connectivity index (χ1v) is 21.1. The highest BCUT2D eigenvalue weighted by Gasteiger charge is 2.20. The fraction of sp³-hybridized carbons (Fsp3) is 0. The van der Waals surface area contributed by atoms with Gasteiger partial charge in [-0.1, -0.05) is 158 Å². The maximum atomic E-state index is 6.63. The number of benzene rings is 9. The third kappa shape index (κ3) is 5.78. The van der Waals surface area contributed by atoms with Crippen LogP contribution in [0.25, 0.3) is 133 Å². The zero-order valence-electron chi connectivity index (χ0n) is 33.7. The number of hydrogen-bond acceptors (Lipinski definition) is 5. The summed E-state index contributed by atoms with van der Waals surface area (Å²) in [6.07, 6.45) is 0. The molecule has 13 rings (SSSR count). The summed E-state index contributed by atoms with van der Waals surface area (Å²) >= 11 is 0. The van der Waals surface area contributed by atoms with E-state index in [0.29, 0.717) is 5.82 Å². The molecule has 9 aromatic carbocycles. The Balaban J connectivity index is 1.04. The monoisotopic (exact) mass is 806 g/mol. The molecule has 0 aliphatic heterocycles. The lowest BCUT2D eigenvalue weighted by Gasteiger charge is -2.14. The van der Waals surface area contributed by atoms with Crippen molar-refractivity contribution < 1.29 is 13.3 Å². The van der Waals surface area contributed by atoms with Crippen molar-refractivity contribution in [3.63, 3.8) is 0 Å². The van der Waals surface area contributed by atoms with Crippen LogP contribution in [0.15, 0.2) is 220 Å². The van der Waals surface area contributed by atoms with E-state index in [1.54, 1.807) is 0 Å². The predicted molar refractivity (Wildman–Crippen MR) is 256 cm³/mol. The van der Waals surface area contributed by atoms with Gasteiger partial charge in [0.1, 0.15) is 33.5 Å². The molecule has 13 aromatic rings. The van der Waals surface area contributed by atoms with Crippen LogP contribution in [0.2, 0.25) is 0 Å². The van der Waals surface area contributed by atoms with E-state index < -0.39 is 0 Å². The van der Waals surface area contributed by atoms with E-state index in [9.17, 15) is 0 Å². The van der Waals surface area contributed by atoms with Gasteiger partial charge < -0.3 is 13.3 Å². The summed E-state index contributed by atoms with van der Waals surface area (Å²) in [5, 5.41) is 6.52. The van der Waals surface area contributed by atoms with E-state index in [0.717, 1.165) is 127 Å². The molecule has 0 bridgehead atoms. The molecule has 4 heterocycles. The Hall–Kier alpha value is -8.54. The van der Waals surface area contributed by atoms with Crippen LogP contribution in [0.1, 0.15) is 0 Å². The lowest BCUT2D eigenvalue weighted by atomic mass is 9.93. The van der Waals surface area contributed by atoms with E-state index in [4.69, 9.17) is 23.2 Å². The third-order valence-electron chi connectivity index (χ3n) is 12.3. The first-order valence-electron chi connectivity index (χ1n) is 21.1.